The van der Waals surface area contributed by atoms with Crippen molar-refractivity contribution in [1.82, 2.24) is 9.80 Å². The van der Waals surface area contributed by atoms with Crippen LogP contribution in [0.2, 0.25) is 0 Å². The van der Waals surface area contributed by atoms with Crippen molar-refractivity contribution >= 4 is 23.6 Å². The van der Waals surface area contributed by atoms with E-state index in [-0.39, 0.29) is 36.7 Å². The first kappa shape index (κ1) is 17.6. The lowest BCUT2D eigenvalue weighted by Gasteiger charge is -2.15. The van der Waals surface area contributed by atoms with Crippen molar-refractivity contribution in [3.8, 4) is 11.1 Å². The largest absolute Gasteiger partial charge is 0.271 e. The van der Waals surface area contributed by atoms with Crippen LogP contribution in [0.3, 0.4) is 0 Å². The highest BCUT2D eigenvalue weighted by atomic mass is 16.2. The molecule has 0 fully saturated rings. The summed E-state index contributed by atoms with van der Waals surface area (Å²) in [5, 5.41) is 0. The Morgan fingerprint density at radius 1 is 0.464 bits per heavy atom. The molecule has 0 radical (unpaired) electrons. The van der Waals surface area contributed by atoms with E-state index in [4.69, 9.17) is 0 Å². The molecule has 28 heavy (non-hydrogen) atoms. The summed E-state index contributed by atoms with van der Waals surface area (Å²) in [6.45, 7) is 0.492. The molecule has 4 amide bonds. The van der Waals surface area contributed by atoms with Gasteiger partial charge in [-0.25, -0.2) is 0 Å². The molecule has 0 N–H and O–H groups in total. The fourth-order valence-electron chi connectivity index (χ4n) is 3.14. The Morgan fingerprint density at radius 3 is 1.04 bits per heavy atom. The minimum absolute atomic E-state index is 0.246. The molecule has 0 aliphatic carbocycles. The minimum atomic E-state index is -0.296. The number of amides is 4. The lowest BCUT2D eigenvalue weighted by molar-refractivity contribution is -0.139. The third kappa shape index (κ3) is 3.40. The van der Waals surface area contributed by atoms with Gasteiger partial charge in [-0.15, -0.1) is 0 Å². The number of hydrogen-bond donors (Lipinski definition) is 0. The minimum Gasteiger partial charge on any atom is -0.271 e. The van der Waals surface area contributed by atoms with Crippen LogP contribution in [0.5, 0.6) is 0 Å². The van der Waals surface area contributed by atoms with Crippen molar-refractivity contribution in [1.29, 1.82) is 0 Å². The van der Waals surface area contributed by atoms with Crippen LogP contribution in [0.4, 0.5) is 0 Å². The summed E-state index contributed by atoms with van der Waals surface area (Å²) >= 11 is 0. The van der Waals surface area contributed by atoms with Gasteiger partial charge in [0.25, 0.3) is 23.6 Å². The topological polar surface area (TPSA) is 74.8 Å². The van der Waals surface area contributed by atoms with Crippen molar-refractivity contribution in [2.75, 3.05) is 0 Å². The Kier molecular flexibility index (Phi) is 4.45. The molecule has 0 atom stereocenters. The molecular weight excluding hydrogens is 356 g/mol. The Balaban J connectivity index is 1.43. The van der Waals surface area contributed by atoms with Crippen molar-refractivity contribution in [2.45, 2.75) is 13.1 Å². The molecule has 6 nitrogen and oxygen atoms in total. The van der Waals surface area contributed by atoms with Gasteiger partial charge in [-0.05, 0) is 22.3 Å². The number of rotatable bonds is 5. The zero-order valence-electron chi connectivity index (χ0n) is 14.9. The molecule has 2 aliphatic heterocycles. The van der Waals surface area contributed by atoms with E-state index in [2.05, 4.69) is 0 Å². The molecule has 2 heterocycles. The van der Waals surface area contributed by atoms with Crippen molar-refractivity contribution in [2.24, 2.45) is 0 Å². The average molecular weight is 372 g/mol. The molecule has 2 aromatic carbocycles. The monoisotopic (exact) mass is 372 g/mol. The molecule has 0 spiro atoms. The van der Waals surface area contributed by atoms with Gasteiger partial charge in [0.15, 0.2) is 0 Å². The molecule has 0 saturated carbocycles. The SMILES string of the molecule is O=C1C=CC(=O)N1Cc1ccc(-c2ccc(CN3C(=O)C=CC3=O)cc2)cc1. The van der Waals surface area contributed by atoms with Gasteiger partial charge in [0, 0.05) is 24.3 Å². The molecule has 4 rings (SSSR count). The number of imide groups is 2. The van der Waals surface area contributed by atoms with E-state index in [9.17, 15) is 19.2 Å². The maximum atomic E-state index is 11.6. The molecule has 6 heteroatoms. The van der Waals surface area contributed by atoms with Crippen LogP contribution in [-0.4, -0.2) is 33.4 Å². The van der Waals surface area contributed by atoms with Gasteiger partial charge in [0.2, 0.25) is 0 Å². The maximum absolute atomic E-state index is 11.6. The second kappa shape index (κ2) is 7.08. The molecule has 0 aromatic heterocycles. The highest BCUT2D eigenvalue weighted by Gasteiger charge is 2.24. The quantitative estimate of drug-likeness (QED) is 0.754. The number of carbonyl (C=O) groups is 4. The molecule has 0 unspecified atom stereocenters. The predicted molar refractivity (Wildman–Crippen MR) is 101 cm³/mol. The van der Waals surface area contributed by atoms with E-state index >= 15 is 0 Å². The number of carbonyl (C=O) groups excluding carboxylic acids is 4. The summed E-state index contributed by atoms with van der Waals surface area (Å²) in [6.07, 6.45) is 5.10. The Bertz CT molecular complexity index is 912. The van der Waals surface area contributed by atoms with E-state index in [0.717, 1.165) is 22.3 Å². The van der Waals surface area contributed by atoms with Gasteiger partial charge in [0.1, 0.15) is 0 Å². The summed E-state index contributed by atoms with van der Waals surface area (Å²) in [7, 11) is 0. The maximum Gasteiger partial charge on any atom is 0.253 e. The lowest BCUT2D eigenvalue weighted by atomic mass is 10.0. The van der Waals surface area contributed by atoms with E-state index in [1.54, 1.807) is 0 Å². The summed E-state index contributed by atoms with van der Waals surface area (Å²) in [6, 6.07) is 15.3. The fraction of sp³-hybridized carbons (Fsp3) is 0.0909. The summed E-state index contributed by atoms with van der Waals surface area (Å²) in [5.41, 5.74) is 3.71. The van der Waals surface area contributed by atoms with E-state index < -0.39 is 0 Å². The Morgan fingerprint density at radius 2 is 0.750 bits per heavy atom. The van der Waals surface area contributed by atoms with E-state index in [1.165, 1.54) is 34.1 Å². The summed E-state index contributed by atoms with van der Waals surface area (Å²) < 4.78 is 0. The van der Waals surface area contributed by atoms with Gasteiger partial charge in [-0.3, -0.25) is 29.0 Å². The molecule has 0 bridgehead atoms. The molecule has 2 aliphatic rings. The van der Waals surface area contributed by atoms with Gasteiger partial charge >= 0.3 is 0 Å². The van der Waals surface area contributed by atoms with Gasteiger partial charge in [-0.1, -0.05) is 48.5 Å². The van der Waals surface area contributed by atoms with Gasteiger partial charge in [0.05, 0.1) is 13.1 Å². The first-order valence-electron chi connectivity index (χ1n) is 8.76. The van der Waals surface area contributed by atoms with Crippen LogP contribution in [0, 0.1) is 0 Å². The normalized spacial score (nSPS) is 16.0. The van der Waals surface area contributed by atoms with Crippen LogP contribution in [0.1, 0.15) is 11.1 Å². The van der Waals surface area contributed by atoms with Crippen LogP contribution in [-0.2, 0) is 32.3 Å². The highest BCUT2D eigenvalue weighted by Crippen LogP contribution is 2.22. The molecule has 0 saturated heterocycles. The second-order valence-corrected chi connectivity index (χ2v) is 6.59. The summed E-state index contributed by atoms with van der Waals surface area (Å²) in [4.78, 5) is 49.0. The van der Waals surface area contributed by atoms with Gasteiger partial charge in [-0.2, -0.15) is 0 Å². The van der Waals surface area contributed by atoms with Crippen molar-refractivity contribution in [3.05, 3.63) is 84.0 Å². The first-order chi connectivity index (χ1) is 13.5. The fourth-order valence-corrected chi connectivity index (χ4v) is 3.14. The zero-order chi connectivity index (χ0) is 19.7. The molecule has 138 valence electrons. The standard InChI is InChI=1S/C22H16N2O4/c25-19-9-10-20(26)23(19)13-15-1-5-17(6-2-15)18-7-3-16(4-8-18)14-24-21(27)11-12-22(24)28/h1-12H,13-14H2. The third-order valence-corrected chi connectivity index (χ3v) is 4.72. The van der Waals surface area contributed by atoms with Crippen molar-refractivity contribution in [3.63, 3.8) is 0 Å². The van der Waals surface area contributed by atoms with E-state index in [1.807, 2.05) is 48.5 Å². The third-order valence-electron chi connectivity index (χ3n) is 4.72. The highest BCUT2D eigenvalue weighted by molar-refractivity contribution is 6.13. The van der Waals surface area contributed by atoms with Gasteiger partial charge < -0.3 is 0 Å². The molecular formula is C22H16N2O4. The first-order valence-corrected chi connectivity index (χ1v) is 8.76. The van der Waals surface area contributed by atoms with Crippen molar-refractivity contribution < 1.29 is 19.2 Å². The van der Waals surface area contributed by atoms with Crippen LogP contribution in [0.15, 0.2) is 72.8 Å². The second-order valence-electron chi connectivity index (χ2n) is 6.59. The predicted octanol–water partition coefficient (Wildman–Crippen LogP) is 2.20. The smallest absolute Gasteiger partial charge is 0.253 e. The average Bonchev–Trinajstić information content (AvgIpc) is 3.19. The Hall–Kier alpha value is -3.80. The summed E-state index contributed by atoms with van der Waals surface area (Å²) in [5.74, 6) is -1.19. The Labute approximate surface area is 161 Å². The number of benzene rings is 2. The van der Waals surface area contributed by atoms with E-state index in [0.29, 0.717) is 0 Å². The number of hydrogen-bond acceptors (Lipinski definition) is 4. The number of nitrogens with zero attached hydrogens (tertiary/aromatic N) is 2. The van der Waals surface area contributed by atoms with Crippen LogP contribution < -0.4 is 0 Å². The lowest BCUT2D eigenvalue weighted by Crippen LogP contribution is -2.29. The van der Waals surface area contributed by atoms with Crippen LogP contribution >= 0.6 is 0 Å². The molecule has 2 aromatic rings. The van der Waals surface area contributed by atoms with Crippen LogP contribution in [0.25, 0.3) is 11.1 Å². The zero-order valence-corrected chi connectivity index (χ0v) is 14.9.